The largest absolute Gasteiger partial charge is 0.381 e. The van der Waals surface area contributed by atoms with Crippen LogP contribution in [0.25, 0.3) is 0 Å². The van der Waals surface area contributed by atoms with Gasteiger partial charge in [0.25, 0.3) is 0 Å². The van der Waals surface area contributed by atoms with E-state index in [9.17, 15) is 0 Å². The molecule has 1 atom stereocenters. The summed E-state index contributed by atoms with van der Waals surface area (Å²) in [6.07, 6.45) is 2.45. The molecule has 1 N–H and O–H groups in total. The first-order valence-corrected chi connectivity index (χ1v) is 5.68. The second-order valence-electron chi connectivity index (χ2n) is 3.81. The predicted octanol–water partition coefficient (Wildman–Crippen LogP) is 1.99. The first-order valence-electron chi connectivity index (χ1n) is 5.31. The maximum atomic E-state index is 8.66. The molecule has 17 heavy (non-hydrogen) atoms. The highest BCUT2D eigenvalue weighted by Crippen LogP contribution is 2.20. The lowest BCUT2D eigenvalue weighted by molar-refractivity contribution is 0.126. The smallest absolute Gasteiger partial charge is 0.168 e. The third kappa shape index (κ3) is 3.30. The van der Waals surface area contributed by atoms with Crippen molar-refractivity contribution >= 4 is 17.4 Å². The molecule has 0 aromatic carbocycles. The molecule has 1 saturated heterocycles. The van der Waals surface area contributed by atoms with Crippen LogP contribution >= 0.6 is 11.6 Å². The highest BCUT2D eigenvalue weighted by molar-refractivity contribution is 6.32. The quantitative estimate of drug-likeness (QED) is 0.831. The summed E-state index contributed by atoms with van der Waals surface area (Å²) >= 11 is 5.92. The molecule has 1 unspecified atom stereocenters. The zero-order chi connectivity index (χ0) is 12.1. The molecule has 2 rings (SSSR count). The number of anilines is 1. The SMILES string of the molecule is N#Cc1cnc(NOCC2CCOC2)c(Cl)c1. The van der Waals surface area contributed by atoms with Gasteiger partial charge in [-0.05, 0) is 12.5 Å². The topological polar surface area (TPSA) is 67.2 Å². The highest BCUT2D eigenvalue weighted by atomic mass is 35.5. The normalized spacial score (nSPS) is 18.9. The minimum absolute atomic E-state index is 0.367. The molecule has 0 radical (unpaired) electrons. The van der Waals surface area contributed by atoms with Crippen LogP contribution in [-0.2, 0) is 9.57 Å². The van der Waals surface area contributed by atoms with Gasteiger partial charge in [-0.15, -0.1) is 0 Å². The molecule has 1 aliphatic heterocycles. The van der Waals surface area contributed by atoms with Gasteiger partial charge in [0.1, 0.15) is 6.07 Å². The maximum absolute atomic E-state index is 8.66. The van der Waals surface area contributed by atoms with E-state index in [-0.39, 0.29) is 0 Å². The summed E-state index contributed by atoms with van der Waals surface area (Å²) in [5.74, 6) is 0.837. The van der Waals surface area contributed by atoms with Crippen molar-refractivity contribution in [1.82, 2.24) is 4.98 Å². The fourth-order valence-electron chi connectivity index (χ4n) is 1.52. The number of hydrogen-bond acceptors (Lipinski definition) is 5. The molecule has 1 fully saturated rings. The lowest BCUT2D eigenvalue weighted by atomic mass is 10.1. The minimum Gasteiger partial charge on any atom is -0.381 e. The third-order valence-electron chi connectivity index (χ3n) is 2.48. The summed E-state index contributed by atoms with van der Waals surface area (Å²) in [6.45, 7) is 2.08. The first-order chi connectivity index (χ1) is 8.29. The second-order valence-corrected chi connectivity index (χ2v) is 4.22. The van der Waals surface area contributed by atoms with E-state index in [4.69, 9.17) is 26.4 Å². The molecule has 2 heterocycles. The van der Waals surface area contributed by atoms with Crippen LogP contribution in [0.4, 0.5) is 5.82 Å². The Bertz CT molecular complexity index is 427. The van der Waals surface area contributed by atoms with Crippen LogP contribution < -0.4 is 5.48 Å². The molecule has 1 aromatic heterocycles. The number of nitrogens with zero attached hydrogens (tertiary/aromatic N) is 2. The Hall–Kier alpha value is -1.35. The lowest BCUT2D eigenvalue weighted by Crippen LogP contribution is -2.13. The fourth-order valence-corrected chi connectivity index (χ4v) is 1.72. The summed E-state index contributed by atoms with van der Waals surface area (Å²) < 4.78 is 5.23. The molecule has 0 bridgehead atoms. The van der Waals surface area contributed by atoms with Crippen molar-refractivity contribution < 1.29 is 9.57 Å². The fraction of sp³-hybridized carbons (Fsp3) is 0.455. The van der Waals surface area contributed by atoms with Crippen LogP contribution in [0.2, 0.25) is 5.02 Å². The summed E-state index contributed by atoms with van der Waals surface area (Å²) in [6, 6.07) is 3.50. The molecule has 0 saturated carbocycles. The number of nitrogens with one attached hydrogen (secondary N) is 1. The Kier molecular flexibility index (Phi) is 4.15. The zero-order valence-corrected chi connectivity index (χ0v) is 9.91. The van der Waals surface area contributed by atoms with E-state index in [0.29, 0.717) is 28.9 Å². The Balaban J connectivity index is 1.84. The number of rotatable bonds is 4. The van der Waals surface area contributed by atoms with Crippen LogP contribution in [0, 0.1) is 17.2 Å². The van der Waals surface area contributed by atoms with E-state index in [2.05, 4.69) is 10.5 Å². The summed E-state index contributed by atoms with van der Waals surface area (Å²) in [5, 5.41) is 9.03. The summed E-state index contributed by atoms with van der Waals surface area (Å²) in [4.78, 5) is 9.29. The van der Waals surface area contributed by atoms with Crippen LogP contribution in [-0.4, -0.2) is 24.8 Å². The molecule has 1 aromatic rings. The molecule has 90 valence electrons. The molecule has 0 aliphatic carbocycles. The van der Waals surface area contributed by atoms with Gasteiger partial charge < -0.3 is 4.74 Å². The van der Waals surface area contributed by atoms with Gasteiger partial charge in [0.2, 0.25) is 0 Å². The average molecular weight is 254 g/mol. The van der Waals surface area contributed by atoms with E-state index in [1.807, 2.05) is 6.07 Å². The number of halogens is 1. The van der Waals surface area contributed by atoms with Gasteiger partial charge >= 0.3 is 0 Å². The van der Waals surface area contributed by atoms with Crippen LogP contribution in [0.5, 0.6) is 0 Å². The van der Waals surface area contributed by atoms with Crippen molar-refractivity contribution in [3.05, 3.63) is 22.8 Å². The van der Waals surface area contributed by atoms with Crippen molar-refractivity contribution in [2.24, 2.45) is 5.92 Å². The van der Waals surface area contributed by atoms with Crippen LogP contribution in [0.1, 0.15) is 12.0 Å². The van der Waals surface area contributed by atoms with E-state index in [0.717, 1.165) is 19.6 Å². The number of ether oxygens (including phenoxy) is 1. The number of aromatic nitrogens is 1. The number of hydrogen-bond donors (Lipinski definition) is 1. The Morgan fingerprint density at radius 1 is 1.71 bits per heavy atom. The van der Waals surface area contributed by atoms with Crippen molar-refractivity contribution in [3.8, 4) is 6.07 Å². The Morgan fingerprint density at radius 3 is 3.24 bits per heavy atom. The van der Waals surface area contributed by atoms with Crippen LogP contribution in [0.3, 0.4) is 0 Å². The molecular formula is C11H12ClN3O2. The molecule has 6 heteroatoms. The monoisotopic (exact) mass is 253 g/mol. The van der Waals surface area contributed by atoms with Crippen molar-refractivity contribution in [2.45, 2.75) is 6.42 Å². The van der Waals surface area contributed by atoms with Gasteiger partial charge in [-0.25, -0.2) is 10.5 Å². The van der Waals surface area contributed by atoms with Gasteiger partial charge in [-0.1, -0.05) is 11.6 Å². The molecular weight excluding hydrogens is 242 g/mol. The average Bonchev–Trinajstić information content (AvgIpc) is 2.84. The zero-order valence-electron chi connectivity index (χ0n) is 9.15. The first kappa shape index (κ1) is 12.1. The van der Waals surface area contributed by atoms with Crippen molar-refractivity contribution in [2.75, 3.05) is 25.3 Å². The van der Waals surface area contributed by atoms with E-state index >= 15 is 0 Å². The lowest BCUT2D eigenvalue weighted by Gasteiger charge is -2.10. The third-order valence-corrected chi connectivity index (χ3v) is 2.77. The highest BCUT2D eigenvalue weighted by Gasteiger charge is 2.16. The summed E-state index contributed by atoms with van der Waals surface area (Å²) in [7, 11) is 0. The maximum Gasteiger partial charge on any atom is 0.168 e. The number of nitriles is 1. The van der Waals surface area contributed by atoms with Crippen molar-refractivity contribution in [1.29, 1.82) is 5.26 Å². The van der Waals surface area contributed by atoms with Gasteiger partial charge in [0, 0.05) is 18.7 Å². The Morgan fingerprint density at radius 2 is 2.59 bits per heavy atom. The summed E-state index contributed by atoms with van der Waals surface area (Å²) in [5.41, 5.74) is 3.10. The van der Waals surface area contributed by atoms with E-state index < -0.39 is 0 Å². The van der Waals surface area contributed by atoms with Crippen molar-refractivity contribution in [3.63, 3.8) is 0 Å². The molecule has 0 amide bonds. The van der Waals surface area contributed by atoms with E-state index in [1.165, 1.54) is 6.20 Å². The van der Waals surface area contributed by atoms with Gasteiger partial charge in [0.15, 0.2) is 5.82 Å². The van der Waals surface area contributed by atoms with Gasteiger partial charge in [-0.2, -0.15) is 5.26 Å². The molecule has 1 aliphatic rings. The predicted molar refractivity (Wildman–Crippen MR) is 62.5 cm³/mol. The van der Waals surface area contributed by atoms with E-state index in [1.54, 1.807) is 6.07 Å². The number of pyridine rings is 1. The molecule has 5 nitrogen and oxygen atoms in total. The second kappa shape index (κ2) is 5.82. The van der Waals surface area contributed by atoms with Gasteiger partial charge in [0.05, 0.1) is 23.8 Å². The molecule has 0 spiro atoms. The minimum atomic E-state index is 0.367. The Labute approximate surface area is 104 Å². The van der Waals surface area contributed by atoms with Crippen LogP contribution in [0.15, 0.2) is 12.3 Å². The standard InChI is InChI=1S/C11H12ClN3O2/c12-10-3-9(4-13)5-14-11(10)15-17-7-8-1-2-16-6-8/h3,5,8H,1-2,6-7H2,(H,14,15). The van der Waals surface area contributed by atoms with Gasteiger partial charge in [-0.3, -0.25) is 4.84 Å².